The highest BCUT2D eigenvalue weighted by Gasteiger charge is 2.37. The fourth-order valence-corrected chi connectivity index (χ4v) is 8.71. The van der Waals surface area contributed by atoms with Crippen LogP contribution in [0.3, 0.4) is 0 Å². The molecular formula is C51H63N11O9. The monoisotopic (exact) mass is 973 g/mol. The van der Waals surface area contributed by atoms with E-state index in [9.17, 15) is 34.0 Å². The van der Waals surface area contributed by atoms with Gasteiger partial charge in [-0.1, -0.05) is 18.6 Å². The number of hydrogen-bond donors (Lipinski definition) is 7. The highest BCUT2D eigenvalue weighted by Crippen LogP contribution is 2.40. The third-order valence-corrected chi connectivity index (χ3v) is 12.3. The number of rotatable bonds is 18. The largest absolute Gasteiger partial charge is 0.492 e. The minimum atomic E-state index is -1.49. The summed E-state index contributed by atoms with van der Waals surface area (Å²) in [6.07, 6.45) is 5.16. The van der Waals surface area contributed by atoms with Crippen molar-refractivity contribution in [3.63, 3.8) is 0 Å². The average molecular weight is 974 g/mol. The maximum absolute atomic E-state index is 14.9. The molecular weight excluding hydrogens is 911 g/mol. The summed E-state index contributed by atoms with van der Waals surface area (Å²) in [5.74, 6) is -2.59. The molecule has 3 aromatic carbocycles. The molecule has 1 aliphatic heterocycles. The maximum atomic E-state index is 14.9. The van der Waals surface area contributed by atoms with Gasteiger partial charge in [-0.25, -0.2) is 9.97 Å². The number of aryl methyl sites for hydroxylation is 2. The lowest BCUT2D eigenvalue weighted by Crippen LogP contribution is -2.56. The van der Waals surface area contributed by atoms with Crippen LogP contribution in [0.15, 0.2) is 60.7 Å². The highest BCUT2D eigenvalue weighted by molar-refractivity contribution is 6.01. The number of nitriles is 1. The van der Waals surface area contributed by atoms with E-state index < -0.39 is 59.6 Å². The lowest BCUT2D eigenvalue weighted by Gasteiger charge is -2.32. The molecule has 1 aliphatic carbocycles. The number of carbonyl (C=O) groups excluding carboxylic acids is 6. The molecule has 2 aliphatic rings. The van der Waals surface area contributed by atoms with Crippen molar-refractivity contribution in [3.8, 4) is 45.8 Å². The SMILES string of the molecule is Cc1nc(-c2ccc(OC3CCCCC3)cc2)nc(C)c1C(=O)N[C@@H](CCC(N)=O)C(=O)N(C)[C@@H]1C(=O)N[C@@H](C)C(=O)N[C@H](C(=O)NCC#N)Cc2ccc(OCCN)c(c2)-c2cc1ccc2OCCN. The summed E-state index contributed by atoms with van der Waals surface area (Å²) in [6.45, 7) is 4.96. The highest BCUT2D eigenvalue weighted by atomic mass is 16.5. The van der Waals surface area contributed by atoms with Crippen molar-refractivity contribution < 1.29 is 43.0 Å². The van der Waals surface area contributed by atoms with Gasteiger partial charge >= 0.3 is 0 Å². The van der Waals surface area contributed by atoms with Gasteiger partial charge in [-0.15, -0.1) is 0 Å². The molecule has 4 bridgehead atoms. The molecule has 4 aromatic rings. The second-order valence-electron chi connectivity index (χ2n) is 17.6. The van der Waals surface area contributed by atoms with Gasteiger partial charge in [0.25, 0.3) is 5.91 Å². The van der Waals surface area contributed by atoms with Gasteiger partial charge in [0, 0.05) is 49.7 Å². The molecule has 6 rings (SSSR count). The van der Waals surface area contributed by atoms with Crippen LogP contribution in [0.4, 0.5) is 0 Å². The first kappa shape index (κ1) is 52.7. The first-order valence-electron chi connectivity index (χ1n) is 23.8. The van der Waals surface area contributed by atoms with E-state index in [2.05, 4.69) is 31.2 Å². The number of nitrogens with zero attached hydrogens (tertiary/aromatic N) is 4. The molecule has 0 radical (unpaired) electrons. The Balaban J connectivity index is 1.37. The summed E-state index contributed by atoms with van der Waals surface area (Å²) in [5, 5.41) is 19.8. The molecule has 1 aromatic heterocycles. The van der Waals surface area contributed by atoms with E-state index in [1.54, 1.807) is 50.2 Å². The molecule has 2 heterocycles. The third-order valence-electron chi connectivity index (χ3n) is 12.3. The van der Waals surface area contributed by atoms with Crippen LogP contribution in [0.2, 0.25) is 0 Å². The van der Waals surface area contributed by atoms with E-state index in [4.69, 9.17) is 31.4 Å². The molecule has 1 saturated carbocycles. The summed E-state index contributed by atoms with van der Waals surface area (Å²) < 4.78 is 18.4. The molecule has 376 valence electrons. The van der Waals surface area contributed by atoms with Gasteiger partial charge in [-0.2, -0.15) is 5.26 Å². The summed E-state index contributed by atoms with van der Waals surface area (Å²) in [6, 6.07) is 13.9. The fourth-order valence-electron chi connectivity index (χ4n) is 8.71. The van der Waals surface area contributed by atoms with Crippen LogP contribution in [0.1, 0.15) is 90.8 Å². The number of nitrogens with one attached hydrogen (secondary N) is 4. The predicted octanol–water partition coefficient (Wildman–Crippen LogP) is 2.56. The molecule has 4 atom stereocenters. The molecule has 0 spiro atoms. The Bertz CT molecular complexity index is 2610. The first-order chi connectivity index (χ1) is 34.1. The normalized spacial score (nSPS) is 17.5. The van der Waals surface area contributed by atoms with Crippen LogP contribution in [-0.4, -0.2) is 114 Å². The van der Waals surface area contributed by atoms with E-state index in [0.29, 0.717) is 51.0 Å². The fraction of sp³-hybridized carbons (Fsp3) is 0.431. The van der Waals surface area contributed by atoms with Crippen LogP contribution >= 0.6 is 0 Å². The van der Waals surface area contributed by atoms with Crippen molar-refractivity contribution in [2.24, 2.45) is 17.2 Å². The van der Waals surface area contributed by atoms with Gasteiger partial charge in [0.15, 0.2) is 5.82 Å². The minimum Gasteiger partial charge on any atom is -0.492 e. The van der Waals surface area contributed by atoms with Crippen LogP contribution in [0.5, 0.6) is 17.2 Å². The predicted molar refractivity (Wildman–Crippen MR) is 262 cm³/mol. The van der Waals surface area contributed by atoms with Crippen molar-refractivity contribution in [1.82, 2.24) is 36.1 Å². The van der Waals surface area contributed by atoms with Gasteiger partial charge in [0.1, 0.15) is 61.2 Å². The summed E-state index contributed by atoms with van der Waals surface area (Å²) in [4.78, 5) is 93.7. The number of hydrogen-bond acceptors (Lipinski definition) is 14. The van der Waals surface area contributed by atoms with Crippen molar-refractivity contribution in [3.05, 3.63) is 88.7 Å². The zero-order valence-electron chi connectivity index (χ0n) is 40.5. The maximum Gasteiger partial charge on any atom is 0.255 e. The number of fused-ring (bicyclic) bond motifs is 5. The van der Waals surface area contributed by atoms with Crippen LogP contribution in [-0.2, 0) is 30.4 Å². The smallest absolute Gasteiger partial charge is 0.255 e. The Hall–Kier alpha value is -7.63. The summed E-state index contributed by atoms with van der Waals surface area (Å²) in [7, 11) is 1.36. The third kappa shape index (κ3) is 13.6. The first-order valence-corrected chi connectivity index (χ1v) is 23.8. The summed E-state index contributed by atoms with van der Waals surface area (Å²) in [5.41, 5.74) is 20.4. The van der Waals surface area contributed by atoms with E-state index in [1.165, 1.54) is 20.4 Å². The molecule has 6 amide bonds. The Morgan fingerprint density at radius 3 is 2.13 bits per heavy atom. The number of nitrogens with two attached hydrogens (primary N) is 3. The molecule has 20 heteroatoms. The van der Waals surface area contributed by atoms with Crippen LogP contribution in [0.25, 0.3) is 22.5 Å². The van der Waals surface area contributed by atoms with E-state index in [0.717, 1.165) is 36.3 Å². The van der Waals surface area contributed by atoms with E-state index in [-0.39, 0.29) is 69.3 Å². The number of aromatic nitrogens is 2. The number of carbonyl (C=O) groups is 6. The van der Waals surface area contributed by atoms with Gasteiger partial charge in [0.2, 0.25) is 29.5 Å². The summed E-state index contributed by atoms with van der Waals surface area (Å²) >= 11 is 0. The zero-order valence-corrected chi connectivity index (χ0v) is 40.5. The van der Waals surface area contributed by atoms with Crippen molar-refractivity contribution in [2.75, 3.05) is 39.9 Å². The molecule has 20 nitrogen and oxygen atoms in total. The Kier molecular flexibility index (Phi) is 18.4. The molecule has 1 fully saturated rings. The number of likely N-dealkylation sites (N-methyl/N-ethyl adjacent to an activating group) is 1. The lowest BCUT2D eigenvalue weighted by molar-refractivity contribution is -0.141. The topological polar surface area (TPSA) is 309 Å². The number of amides is 6. The second-order valence-corrected chi connectivity index (χ2v) is 17.6. The van der Waals surface area contributed by atoms with Crippen LogP contribution < -0.4 is 52.7 Å². The lowest BCUT2D eigenvalue weighted by atomic mass is 9.93. The van der Waals surface area contributed by atoms with E-state index >= 15 is 0 Å². The quantitative estimate of drug-likeness (QED) is 0.0706. The number of ether oxygens (including phenoxy) is 3. The van der Waals surface area contributed by atoms with Crippen molar-refractivity contribution in [2.45, 2.75) is 102 Å². The minimum absolute atomic E-state index is 0.0238. The standard InChI is InChI=1S/C51H63N11O9/c1-29-44(30(2)58-46(57-29)33-11-14-36(15-12-33)71-35-8-6-5-7-9-35)49(66)60-39(16-19-43(55)63)51(68)62(4)45-34-13-18-42(70-25-22-54)38(28-34)37-26-32(10-17-41(37)69-24-21-53)27-40(48(65)56-23-20-52)61-47(64)31(3)59-50(45)67/h10-15,17-18,26,28,31,35,39-40,45H,5-9,16,19,21-25,27,53-54H2,1-4H3,(H2,55,63)(H,56,65)(H,59,67)(H,60,66)(H,61,64)/t31-,39-,40-,45-/m0/s1. The van der Waals surface area contributed by atoms with Crippen molar-refractivity contribution >= 4 is 35.4 Å². The molecule has 0 unspecified atom stereocenters. The molecule has 10 N–H and O–H groups in total. The van der Waals surface area contributed by atoms with Crippen LogP contribution in [0, 0.1) is 25.2 Å². The second kappa shape index (κ2) is 24.8. The zero-order chi connectivity index (χ0) is 51.2. The Morgan fingerprint density at radius 1 is 0.873 bits per heavy atom. The van der Waals surface area contributed by atoms with Gasteiger partial charge in [-0.05, 0) is 113 Å². The Morgan fingerprint density at radius 2 is 1.51 bits per heavy atom. The van der Waals surface area contributed by atoms with Gasteiger partial charge in [-0.3, -0.25) is 28.8 Å². The average Bonchev–Trinajstić information content (AvgIpc) is 3.35. The van der Waals surface area contributed by atoms with Gasteiger partial charge < -0.3 is 57.6 Å². The van der Waals surface area contributed by atoms with Crippen molar-refractivity contribution in [1.29, 1.82) is 5.26 Å². The van der Waals surface area contributed by atoms with E-state index in [1.807, 2.05) is 30.3 Å². The number of benzene rings is 3. The van der Waals surface area contributed by atoms with Gasteiger partial charge in [0.05, 0.1) is 29.1 Å². The Labute approximate surface area is 412 Å². The molecule has 71 heavy (non-hydrogen) atoms. The molecule has 0 saturated heterocycles. The number of primary amides is 1.